The molecule has 5 aliphatic rings. The Balaban J connectivity index is 1.65. The number of rotatable bonds is 4. The third kappa shape index (κ3) is 3.79. The number of cyclic esters (lactones) is 1. The molecule has 1 N–H and O–H groups in total. The van der Waals surface area contributed by atoms with Gasteiger partial charge in [0.05, 0.1) is 6.10 Å². The lowest BCUT2D eigenvalue weighted by atomic mass is 9.37. The zero-order chi connectivity index (χ0) is 28.7. The molecular formula is C32H42O7. The van der Waals surface area contributed by atoms with Crippen molar-refractivity contribution in [2.24, 2.45) is 39.4 Å². The summed E-state index contributed by atoms with van der Waals surface area (Å²) in [6.07, 6.45) is 8.77. The van der Waals surface area contributed by atoms with Crippen molar-refractivity contribution in [1.82, 2.24) is 0 Å². The minimum Gasteiger partial charge on any atom is -0.455 e. The predicted molar refractivity (Wildman–Crippen MR) is 145 cm³/mol. The summed E-state index contributed by atoms with van der Waals surface area (Å²) in [5.41, 5.74) is 0.0999. The Morgan fingerprint density at radius 1 is 1.15 bits per heavy atom. The fourth-order valence-corrected chi connectivity index (χ4v) is 9.32. The largest absolute Gasteiger partial charge is 0.455 e. The highest BCUT2D eigenvalue weighted by atomic mass is 16.7. The molecule has 7 heteroatoms. The third-order valence-corrected chi connectivity index (χ3v) is 10.9. The van der Waals surface area contributed by atoms with E-state index in [0.717, 1.165) is 24.0 Å². The highest BCUT2D eigenvalue weighted by molar-refractivity contribution is 5.96. The minimum atomic E-state index is -1.06. The summed E-state index contributed by atoms with van der Waals surface area (Å²) in [6.45, 7) is 13.9. The minimum absolute atomic E-state index is 0.000774. The van der Waals surface area contributed by atoms with E-state index in [1.165, 1.54) is 13.2 Å². The molecule has 0 aromatic rings. The van der Waals surface area contributed by atoms with Crippen LogP contribution in [0.4, 0.5) is 0 Å². The molecule has 2 fully saturated rings. The summed E-state index contributed by atoms with van der Waals surface area (Å²) in [5, 5.41) is 12.1. The molecule has 39 heavy (non-hydrogen) atoms. The van der Waals surface area contributed by atoms with Crippen molar-refractivity contribution in [3.63, 3.8) is 0 Å². The summed E-state index contributed by atoms with van der Waals surface area (Å²) in [5.74, 6) is -1.40. The van der Waals surface area contributed by atoms with Gasteiger partial charge in [0, 0.05) is 41.4 Å². The highest BCUT2D eigenvalue weighted by Crippen LogP contribution is 2.72. The van der Waals surface area contributed by atoms with E-state index in [1.54, 1.807) is 12.2 Å². The van der Waals surface area contributed by atoms with Crippen molar-refractivity contribution in [3.8, 4) is 0 Å². The zero-order valence-corrected chi connectivity index (χ0v) is 24.4. The first-order valence-corrected chi connectivity index (χ1v) is 14.1. The molecule has 212 valence electrons. The van der Waals surface area contributed by atoms with Gasteiger partial charge in [0.2, 0.25) is 6.29 Å². The van der Waals surface area contributed by atoms with Crippen LogP contribution in [0.15, 0.2) is 47.1 Å². The van der Waals surface area contributed by atoms with Crippen molar-refractivity contribution in [1.29, 1.82) is 0 Å². The Kier molecular flexibility index (Phi) is 6.47. The number of hydrogen-bond donors (Lipinski definition) is 1. The number of esters is 2. The second-order valence-electron chi connectivity index (χ2n) is 13.7. The van der Waals surface area contributed by atoms with E-state index < -0.39 is 52.0 Å². The third-order valence-electron chi connectivity index (χ3n) is 10.9. The van der Waals surface area contributed by atoms with E-state index in [1.807, 2.05) is 33.8 Å². The topological polar surface area (TPSA) is 99.1 Å². The summed E-state index contributed by atoms with van der Waals surface area (Å²) in [4.78, 5) is 39.1. The maximum Gasteiger partial charge on any atom is 0.336 e. The van der Waals surface area contributed by atoms with Crippen LogP contribution < -0.4 is 0 Å². The maximum atomic E-state index is 13.1. The lowest BCUT2D eigenvalue weighted by Gasteiger charge is -2.67. The Morgan fingerprint density at radius 3 is 2.46 bits per heavy atom. The quantitative estimate of drug-likeness (QED) is 0.310. The Labute approximate surface area is 231 Å². The van der Waals surface area contributed by atoms with E-state index in [9.17, 15) is 19.5 Å². The van der Waals surface area contributed by atoms with E-state index in [4.69, 9.17) is 14.2 Å². The van der Waals surface area contributed by atoms with Gasteiger partial charge < -0.3 is 19.3 Å². The normalized spacial score (nSPS) is 43.9. The molecule has 2 saturated carbocycles. The zero-order valence-electron chi connectivity index (χ0n) is 24.4. The molecule has 0 saturated heterocycles. The number of aliphatic hydroxyl groups excluding tert-OH is 1. The molecule has 0 amide bonds. The molecular weight excluding hydrogens is 496 g/mol. The molecule has 0 radical (unpaired) electrons. The van der Waals surface area contributed by atoms with E-state index in [-0.39, 0.29) is 23.6 Å². The number of methoxy groups -OCH3 is 1. The second-order valence-corrected chi connectivity index (χ2v) is 13.7. The van der Waals surface area contributed by atoms with Gasteiger partial charge in [0.25, 0.3) is 0 Å². The van der Waals surface area contributed by atoms with Crippen molar-refractivity contribution in [2.75, 3.05) is 7.11 Å². The average molecular weight is 539 g/mol. The van der Waals surface area contributed by atoms with Gasteiger partial charge in [-0.05, 0) is 62.0 Å². The first-order valence-electron chi connectivity index (χ1n) is 14.1. The number of hydrogen-bond acceptors (Lipinski definition) is 7. The Hall–Kier alpha value is -2.51. The number of ketones is 1. The van der Waals surface area contributed by atoms with Crippen molar-refractivity contribution < 1.29 is 33.7 Å². The summed E-state index contributed by atoms with van der Waals surface area (Å²) in [7, 11) is 1.51. The molecule has 0 bridgehead atoms. The predicted octanol–water partition coefficient (Wildman–Crippen LogP) is 4.85. The Morgan fingerprint density at radius 2 is 1.85 bits per heavy atom. The molecule has 4 aliphatic carbocycles. The molecule has 0 aromatic carbocycles. The molecule has 0 aromatic heterocycles. The van der Waals surface area contributed by atoms with Gasteiger partial charge in [-0.15, -0.1) is 0 Å². The van der Waals surface area contributed by atoms with Gasteiger partial charge in [-0.2, -0.15) is 0 Å². The first-order chi connectivity index (χ1) is 18.1. The van der Waals surface area contributed by atoms with Gasteiger partial charge in [0.15, 0.2) is 5.78 Å². The smallest absolute Gasteiger partial charge is 0.336 e. The lowest BCUT2D eigenvalue weighted by Crippen LogP contribution is -2.70. The van der Waals surface area contributed by atoms with Crippen LogP contribution in [0.2, 0.25) is 0 Å². The number of fused-ring (bicyclic) bond motifs is 5. The monoisotopic (exact) mass is 538 g/mol. The van der Waals surface area contributed by atoms with Crippen LogP contribution in [0.5, 0.6) is 0 Å². The van der Waals surface area contributed by atoms with Crippen LogP contribution in [0.3, 0.4) is 0 Å². The molecule has 7 nitrogen and oxygen atoms in total. The van der Waals surface area contributed by atoms with Gasteiger partial charge >= 0.3 is 11.9 Å². The molecule has 1 heterocycles. The van der Waals surface area contributed by atoms with E-state index in [0.29, 0.717) is 12.0 Å². The standard InChI is InChI=1S/C32H42O7/c1-17(2)15-23(34)38-27-25(35)26-29(3,4)22(33)12-14-31(26,6)21-11-13-30(5)19(9-10-20(30)32(21,27)7)18-16-24(37-8)39-28(18)36/h10,12,14-16,19,21,24-27,35H,9,11,13H2,1-8H3/t19-,21+,24-,25+,26-,27+,30-,31+,32-/m0/s1. The van der Waals surface area contributed by atoms with Crippen molar-refractivity contribution in [2.45, 2.75) is 86.2 Å². The number of carbonyl (C=O) groups excluding carboxylic acids is 3. The molecule has 9 atom stereocenters. The number of aliphatic hydroxyl groups is 1. The number of carbonyl (C=O) groups is 3. The first kappa shape index (κ1) is 28.0. The second kappa shape index (κ2) is 9.00. The fourth-order valence-electron chi connectivity index (χ4n) is 9.32. The average Bonchev–Trinajstić information content (AvgIpc) is 3.38. The lowest BCUT2D eigenvalue weighted by molar-refractivity contribution is -0.227. The van der Waals surface area contributed by atoms with Gasteiger partial charge in [-0.3, -0.25) is 4.79 Å². The van der Waals surface area contributed by atoms with E-state index >= 15 is 0 Å². The fraction of sp³-hybridized carbons (Fsp3) is 0.656. The summed E-state index contributed by atoms with van der Waals surface area (Å²) < 4.78 is 16.9. The maximum absolute atomic E-state index is 13.1. The van der Waals surface area contributed by atoms with Gasteiger partial charge in [0.1, 0.15) is 6.10 Å². The van der Waals surface area contributed by atoms with Crippen LogP contribution in [-0.2, 0) is 28.6 Å². The Bertz CT molecular complexity index is 1230. The molecule has 0 unspecified atom stereocenters. The van der Waals surface area contributed by atoms with Crippen LogP contribution in [0.25, 0.3) is 0 Å². The number of allylic oxidation sites excluding steroid dienone is 4. The summed E-state index contributed by atoms with van der Waals surface area (Å²) in [6, 6.07) is 0. The van der Waals surface area contributed by atoms with Gasteiger partial charge in [-0.25, -0.2) is 9.59 Å². The molecule has 1 aliphatic heterocycles. The molecule has 5 rings (SSSR count). The summed E-state index contributed by atoms with van der Waals surface area (Å²) >= 11 is 0. The highest BCUT2D eigenvalue weighted by Gasteiger charge is 2.71. The molecule has 0 spiro atoms. The number of ether oxygens (including phenoxy) is 3. The van der Waals surface area contributed by atoms with Gasteiger partial charge in [-0.1, -0.05) is 57.9 Å². The van der Waals surface area contributed by atoms with Crippen molar-refractivity contribution in [3.05, 3.63) is 47.1 Å². The van der Waals surface area contributed by atoms with Crippen LogP contribution in [0, 0.1) is 39.4 Å². The van der Waals surface area contributed by atoms with Crippen molar-refractivity contribution >= 4 is 17.7 Å². The van der Waals surface area contributed by atoms with Crippen LogP contribution >= 0.6 is 0 Å². The van der Waals surface area contributed by atoms with Crippen LogP contribution in [0.1, 0.15) is 67.7 Å². The van der Waals surface area contributed by atoms with Crippen LogP contribution in [-0.4, -0.2) is 48.4 Å². The SMILES string of the molecule is CO[C@@H]1C=C([C@@H]2CC=C3[C@]4(C)[C@H](OC(=O)C=C(C)C)[C@H](O)[C@H]5C(C)(C)C(=O)C=C[C@]5(C)[C@H]4CC[C@]32C)C(=O)O1. The van der Waals surface area contributed by atoms with E-state index in [2.05, 4.69) is 26.8 Å².